The molecule has 0 radical (unpaired) electrons. The SMILES string of the molecule is CC[C@@H]1C[C@]1(NC(=O)[C@@H]1C[C@@]2(CN1C(=O)[C@@H](NC(=O)[C@@H](NC(=O)OC1CSC1)C1CCCCC1)C(C)(C)C)C(C)(C)C21CCC1)C(=O)NS(=O)(=O)C1CC1. The summed E-state index contributed by atoms with van der Waals surface area (Å²) in [5, 5.41) is 8.34. The summed E-state index contributed by atoms with van der Waals surface area (Å²) in [6, 6.07) is -2.81. The first kappa shape index (κ1) is 39.7. The Kier molecular flexibility index (Phi) is 10.2. The van der Waals surface area contributed by atoms with E-state index in [0.29, 0.717) is 38.6 Å². The van der Waals surface area contributed by atoms with Crippen LogP contribution in [0.2, 0.25) is 0 Å². The summed E-state index contributed by atoms with van der Waals surface area (Å²) in [4.78, 5) is 72.3. The number of nitrogens with zero attached hydrogens (tertiary/aromatic N) is 1. The second-order valence-electron chi connectivity index (χ2n) is 19.2. The molecule has 2 saturated heterocycles. The normalized spacial score (nSPS) is 32.4. The molecule has 5 amide bonds. The van der Waals surface area contributed by atoms with E-state index < -0.39 is 68.2 Å². The van der Waals surface area contributed by atoms with E-state index in [1.54, 1.807) is 16.7 Å². The van der Waals surface area contributed by atoms with Crippen molar-refractivity contribution in [1.82, 2.24) is 25.6 Å². The van der Waals surface area contributed by atoms with Gasteiger partial charge in [0.2, 0.25) is 27.7 Å². The summed E-state index contributed by atoms with van der Waals surface area (Å²) < 4.78 is 33.4. The molecule has 2 heterocycles. The monoisotopic (exact) mass is 791 g/mol. The van der Waals surface area contributed by atoms with Crippen LogP contribution in [-0.4, -0.2) is 96.1 Å². The van der Waals surface area contributed by atoms with Crippen LogP contribution in [0.5, 0.6) is 0 Å². The highest BCUT2D eigenvalue weighted by Crippen LogP contribution is 2.88. The molecule has 2 aliphatic heterocycles. The lowest BCUT2D eigenvalue weighted by molar-refractivity contribution is -0.145. The fourth-order valence-electron chi connectivity index (χ4n) is 10.9. The molecule has 0 bridgehead atoms. The number of hydrogen-bond acceptors (Lipinski definition) is 9. The fourth-order valence-corrected chi connectivity index (χ4v) is 12.8. The van der Waals surface area contributed by atoms with Gasteiger partial charge in [-0.2, -0.15) is 11.8 Å². The van der Waals surface area contributed by atoms with Crippen LogP contribution < -0.4 is 20.7 Å². The minimum atomic E-state index is -3.83. The lowest BCUT2D eigenvalue weighted by Gasteiger charge is -2.38. The van der Waals surface area contributed by atoms with Crippen molar-refractivity contribution in [3.05, 3.63) is 0 Å². The molecule has 5 aliphatic carbocycles. The number of fused-ring (bicyclic) bond motifs is 1. The van der Waals surface area contributed by atoms with Crippen molar-refractivity contribution < 1.29 is 37.1 Å². The van der Waals surface area contributed by atoms with E-state index in [4.69, 9.17) is 4.74 Å². The number of nitrogens with one attached hydrogen (secondary N) is 4. The van der Waals surface area contributed by atoms with Gasteiger partial charge in [-0.25, -0.2) is 13.2 Å². The molecule has 0 unspecified atom stereocenters. The third-order valence-corrected chi connectivity index (χ3v) is 17.9. The summed E-state index contributed by atoms with van der Waals surface area (Å²) in [6.07, 6.45) is 9.15. The highest BCUT2D eigenvalue weighted by Gasteiger charge is 2.85. The Morgan fingerprint density at radius 3 is 2.07 bits per heavy atom. The predicted molar refractivity (Wildman–Crippen MR) is 204 cm³/mol. The quantitative estimate of drug-likeness (QED) is 0.227. The summed E-state index contributed by atoms with van der Waals surface area (Å²) in [5.74, 6) is -0.878. The van der Waals surface area contributed by atoms with Gasteiger partial charge >= 0.3 is 6.09 Å². The number of hydrogen-bond donors (Lipinski definition) is 4. The van der Waals surface area contributed by atoms with E-state index in [-0.39, 0.29) is 40.1 Å². The van der Waals surface area contributed by atoms with E-state index in [1.165, 1.54) is 0 Å². The zero-order chi connectivity index (χ0) is 39.1. The average Bonchev–Trinajstić information content (AvgIpc) is 4.01. The van der Waals surface area contributed by atoms with Crippen molar-refractivity contribution in [2.24, 2.45) is 33.5 Å². The molecule has 13 nitrogen and oxygen atoms in total. The summed E-state index contributed by atoms with van der Waals surface area (Å²) in [5.41, 5.74) is -2.56. The Labute approximate surface area is 324 Å². The number of rotatable bonds is 12. The first-order valence-electron chi connectivity index (χ1n) is 20.4. The molecule has 0 aromatic heterocycles. The zero-order valence-electron chi connectivity index (χ0n) is 32.9. The summed E-state index contributed by atoms with van der Waals surface area (Å²) in [7, 11) is -3.83. The molecule has 6 atom stereocenters. The average molecular weight is 792 g/mol. The molecular weight excluding hydrogens is 731 g/mol. The van der Waals surface area contributed by atoms with Crippen molar-refractivity contribution in [3.63, 3.8) is 0 Å². The standard InChI is InChI=1S/C39H61N5O8S2/c1-7-24-18-39(24,33(48)43-54(50,51)26-14-15-26)42-30(45)27-19-38(36(5,6)37(38)16-11-17-37)22-44(27)32(47)29(35(2,3)4)41-31(46)28(23-12-9-8-10-13-23)40-34(49)52-25-20-53-21-25/h23-29H,7-22H2,1-6H3,(H,40,49)(H,41,46)(H,42,45)(H,43,48)/t24-,27+,28+,29-,38-,39-/m1/s1. The van der Waals surface area contributed by atoms with E-state index >= 15 is 4.79 Å². The smallest absolute Gasteiger partial charge is 0.408 e. The van der Waals surface area contributed by atoms with Crippen LogP contribution in [0, 0.1) is 33.5 Å². The molecule has 2 spiro atoms. The minimum Gasteiger partial charge on any atom is -0.444 e. The molecule has 15 heteroatoms. The zero-order valence-corrected chi connectivity index (χ0v) is 34.5. The lowest BCUT2D eigenvalue weighted by atomic mass is 9.73. The highest BCUT2D eigenvalue weighted by molar-refractivity contribution is 8.00. The Bertz CT molecular complexity index is 1660. The van der Waals surface area contributed by atoms with Crippen LogP contribution in [0.4, 0.5) is 4.79 Å². The molecule has 7 fully saturated rings. The second-order valence-corrected chi connectivity index (χ2v) is 22.2. The van der Waals surface area contributed by atoms with Crippen molar-refractivity contribution in [2.45, 2.75) is 160 Å². The van der Waals surface area contributed by atoms with Crippen molar-refractivity contribution in [1.29, 1.82) is 0 Å². The van der Waals surface area contributed by atoms with Crippen LogP contribution in [-0.2, 0) is 33.9 Å². The molecule has 0 aromatic carbocycles. The third kappa shape index (κ3) is 6.62. The maximum absolute atomic E-state index is 15.1. The molecule has 5 saturated carbocycles. The van der Waals surface area contributed by atoms with Gasteiger partial charge < -0.3 is 25.6 Å². The van der Waals surface area contributed by atoms with Crippen LogP contribution in [0.25, 0.3) is 0 Å². The molecule has 7 rings (SSSR count). The molecule has 4 N–H and O–H groups in total. The maximum Gasteiger partial charge on any atom is 0.408 e. The number of likely N-dealkylation sites (tertiary alicyclic amines) is 1. The Morgan fingerprint density at radius 2 is 1.57 bits per heavy atom. The van der Waals surface area contributed by atoms with Crippen LogP contribution in [0.1, 0.15) is 125 Å². The predicted octanol–water partition coefficient (Wildman–Crippen LogP) is 4.00. The lowest BCUT2D eigenvalue weighted by Crippen LogP contribution is -2.62. The number of amides is 5. The van der Waals surface area contributed by atoms with Gasteiger partial charge in [0.15, 0.2) is 0 Å². The van der Waals surface area contributed by atoms with E-state index in [2.05, 4.69) is 34.5 Å². The van der Waals surface area contributed by atoms with Gasteiger partial charge in [0.1, 0.15) is 29.8 Å². The number of sulfonamides is 1. The van der Waals surface area contributed by atoms with Gasteiger partial charge in [0.25, 0.3) is 5.91 Å². The first-order valence-corrected chi connectivity index (χ1v) is 23.1. The third-order valence-electron chi connectivity index (χ3n) is 14.9. The number of ether oxygens (including phenoxy) is 1. The van der Waals surface area contributed by atoms with Gasteiger partial charge in [-0.1, -0.05) is 73.6 Å². The minimum absolute atomic E-state index is 0.00226. The van der Waals surface area contributed by atoms with Gasteiger partial charge in [-0.3, -0.25) is 23.9 Å². The number of carbonyl (C=O) groups excluding carboxylic acids is 5. The topological polar surface area (TPSA) is 180 Å². The van der Waals surface area contributed by atoms with Crippen molar-refractivity contribution in [2.75, 3.05) is 18.1 Å². The number of thioether (sulfide) groups is 1. The molecule has 0 aromatic rings. The van der Waals surface area contributed by atoms with Gasteiger partial charge in [0, 0.05) is 23.5 Å². The van der Waals surface area contributed by atoms with Crippen LogP contribution in [0.15, 0.2) is 0 Å². The Morgan fingerprint density at radius 1 is 0.907 bits per heavy atom. The fraction of sp³-hybridized carbons (Fsp3) is 0.872. The number of alkyl carbamates (subject to hydrolysis) is 1. The largest absolute Gasteiger partial charge is 0.444 e. The van der Waals surface area contributed by atoms with Crippen LogP contribution >= 0.6 is 11.8 Å². The summed E-state index contributed by atoms with van der Waals surface area (Å²) in [6.45, 7) is 12.4. The molecular formula is C39H61N5O8S2. The Balaban J connectivity index is 1.14. The van der Waals surface area contributed by atoms with Crippen LogP contribution in [0.3, 0.4) is 0 Å². The number of carbonyl (C=O) groups is 5. The van der Waals surface area contributed by atoms with Gasteiger partial charge in [0.05, 0.1) is 5.25 Å². The Hall–Kier alpha value is -2.55. The first-order chi connectivity index (χ1) is 25.3. The maximum atomic E-state index is 15.1. The highest BCUT2D eigenvalue weighted by atomic mass is 32.2. The van der Waals surface area contributed by atoms with Crippen molar-refractivity contribution in [3.8, 4) is 0 Å². The molecule has 302 valence electrons. The van der Waals surface area contributed by atoms with E-state index in [9.17, 15) is 27.6 Å². The molecule has 7 aliphatic rings. The van der Waals surface area contributed by atoms with E-state index in [1.807, 2.05) is 27.7 Å². The van der Waals surface area contributed by atoms with E-state index in [0.717, 1.165) is 62.9 Å². The second kappa shape index (κ2) is 13.8. The van der Waals surface area contributed by atoms with Gasteiger partial charge in [-0.15, -0.1) is 0 Å². The summed E-state index contributed by atoms with van der Waals surface area (Å²) >= 11 is 1.69. The molecule has 54 heavy (non-hydrogen) atoms. The van der Waals surface area contributed by atoms with Gasteiger partial charge in [-0.05, 0) is 79.4 Å². The van der Waals surface area contributed by atoms with Crippen molar-refractivity contribution >= 4 is 51.5 Å².